The highest BCUT2D eigenvalue weighted by molar-refractivity contribution is 6.02. The Bertz CT molecular complexity index is 919. The van der Waals surface area contributed by atoms with Gasteiger partial charge in [-0.1, -0.05) is 37.3 Å². The van der Waals surface area contributed by atoms with Gasteiger partial charge in [-0.05, 0) is 37.1 Å². The van der Waals surface area contributed by atoms with E-state index in [0.717, 1.165) is 35.5 Å². The van der Waals surface area contributed by atoms with Crippen molar-refractivity contribution in [1.29, 1.82) is 0 Å². The molecular weight excluding hydrogens is 364 g/mol. The van der Waals surface area contributed by atoms with Gasteiger partial charge in [0.15, 0.2) is 0 Å². The molecule has 29 heavy (non-hydrogen) atoms. The molecular formula is C23H28N4O2. The van der Waals surface area contributed by atoms with Crippen LogP contribution in [0.5, 0.6) is 0 Å². The van der Waals surface area contributed by atoms with Gasteiger partial charge in [0, 0.05) is 38.2 Å². The predicted octanol–water partition coefficient (Wildman–Crippen LogP) is 3.84. The molecule has 0 radical (unpaired) electrons. The summed E-state index contributed by atoms with van der Waals surface area (Å²) in [6.07, 6.45) is 2.27. The lowest BCUT2D eigenvalue weighted by Gasteiger charge is -2.52. The molecule has 0 aromatic heterocycles. The van der Waals surface area contributed by atoms with Gasteiger partial charge in [-0.3, -0.25) is 4.79 Å². The molecule has 1 saturated heterocycles. The summed E-state index contributed by atoms with van der Waals surface area (Å²) in [4.78, 5) is 29.7. The van der Waals surface area contributed by atoms with Crippen LogP contribution >= 0.6 is 0 Å². The first-order valence-electron chi connectivity index (χ1n) is 10.4. The van der Waals surface area contributed by atoms with Crippen molar-refractivity contribution in [2.45, 2.75) is 38.8 Å². The minimum atomic E-state index is -0.432. The Kier molecular flexibility index (Phi) is 5.18. The van der Waals surface area contributed by atoms with Crippen molar-refractivity contribution >= 4 is 23.3 Å². The zero-order valence-corrected chi connectivity index (χ0v) is 17.1. The largest absolute Gasteiger partial charge is 0.348 e. The zero-order chi connectivity index (χ0) is 20.4. The summed E-state index contributed by atoms with van der Waals surface area (Å²) in [7, 11) is 0. The Morgan fingerprint density at radius 1 is 1.07 bits per heavy atom. The van der Waals surface area contributed by atoms with Crippen molar-refractivity contribution in [2.24, 2.45) is 0 Å². The van der Waals surface area contributed by atoms with E-state index >= 15 is 0 Å². The van der Waals surface area contributed by atoms with E-state index in [1.165, 1.54) is 0 Å². The van der Waals surface area contributed by atoms with Crippen LogP contribution in [0.3, 0.4) is 0 Å². The van der Waals surface area contributed by atoms with Crippen LogP contribution in [0.1, 0.15) is 42.6 Å². The Morgan fingerprint density at radius 2 is 1.76 bits per heavy atom. The van der Waals surface area contributed by atoms with Crippen LogP contribution in [0, 0.1) is 0 Å². The molecule has 0 bridgehead atoms. The summed E-state index contributed by atoms with van der Waals surface area (Å²) in [6, 6.07) is 15.6. The summed E-state index contributed by atoms with van der Waals surface area (Å²) in [5.74, 6) is -0.0277. The molecule has 6 heteroatoms. The smallest absolute Gasteiger partial charge is 0.321 e. The number of para-hydroxylation sites is 2. The maximum Gasteiger partial charge on any atom is 0.321 e. The fourth-order valence-electron chi connectivity index (χ4n) is 4.57. The number of piperidine rings is 1. The number of hydrogen-bond acceptors (Lipinski definition) is 3. The summed E-state index contributed by atoms with van der Waals surface area (Å²) < 4.78 is 0. The summed E-state index contributed by atoms with van der Waals surface area (Å²) in [6.45, 7) is 6.18. The molecule has 0 atom stereocenters. The summed E-state index contributed by atoms with van der Waals surface area (Å²) >= 11 is 0. The molecule has 2 N–H and O–H groups in total. The van der Waals surface area contributed by atoms with E-state index in [0.29, 0.717) is 25.9 Å². The fourth-order valence-corrected chi connectivity index (χ4v) is 4.57. The van der Waals surface area contributed by atoms with E-state index in [9.17, 15) is 9.59 Å². The molecule has 6 nitrogen and oxygen atoms in total. The first-order valence-corrected chi connectivity index (χ1v) is 10.4. The van der Waals surface area contributed by atoms with Crippen molar-refractivity contribution in [3.05, 3.63) is 59.7 Å². The molecule has 152 valence electrons. The number of rotatable bonds is 3. The van der Waals surface area contributed by atoms with Crippen LogP contribution < -0.4 is 15.5 Å². The number of carbonyl (C=O) groups excluding carboxylic acids is 2. The van der Waals surface area contributed by atoms with Crippen LogP contribution in [0.25, 0.3) is 0 Å². The minimum absolute atomic E-state index is 0.0277. The number of anilines is 2. The van der Waals surface area contributed by atoms with E-state index < -0.39 is 5.66 Å². The Morgan fingerprint density at radius 3 is 2.48 bits per heavy atom. The van der Waals surface area contributed by atoms with Gasteiger partial charge in [0.2, 0.25) is 0 Å². The van der Waals surface area contributed by atoms with Gasteiger partial charge in [0.1, 0.15) is 5.66 Å². The maximum atomic E-state index is 12.8. The predicted molar refractivity (Wildman–Crippen MR) is 115 cm³/mol. The standard InChI is InChI=1S/C23H28N4O2/c1-3-17-9-5-7-11-19(17)24-22(29)26-15-13-23(14-16-26)25-21(28)18-10-6-8-12-20(18)27(23)4-2/h5-12H,3-4,13-16H2,1-2H3,(H,24,29)(H,25,28). The number of urea groups is 1. The van der Waals surface area contributed by atoms with E-state index in [1.54, 1.807) is 0 Å². The lowest BCUT2D eigenvalue weighted by Crippen LogP contribution is -2.68. The molecule has 2 aromatic rings. The number of nitrogens with one attached hydrogen (secondary N) is 2. The molecule has 1 spiro atoms. The van der Waals surface area contributed by atoms with Crippen molar-refractivity contribution < 1.29 is 9.59 Å². The third-order valence-corrected chi connectivity index (χ3v) is 6.14. The summed E-state index contributed by atoms with van der Waals surface area (Å²) in [5.41, 5.74) is 3.26. The second-order valence-corrected chi connectivity index (χ2v) is 7.68. The van der Waals surface area contributed by atoms with Crippen LogP contribution in [0.4, 0.5) is 16.2 Å². The molecule has 2 aliphatic heterocycles. The Labute approximate surface area is 171 Å². The van der Waals surface area contributed by atoms with Crippen LogP contribution in [-0.4, -0.2) is 42.1 Å². The van der Waals surface area contributed by atoms with Crippen molar-refractivity contribution in [3.63, 3.8) is 0 Å². The molecule has 1 fully saturated rings. The topological polar surface area (TPSA) is 64.7 Å². The number of benzene rings is 2. The van der Waals surface area contributed by atoms with Gasteiger partial charge in [-0.2, -0.15) is 0 Å². The highest BCUT2D eigenvalue weighted by Gasteiger charge is 2.45. The van der Waals surface area contributed by atoms with E-state index in [-0.39, 0.29) is 11.9 Å². The molecule has 4 rings (SSSR count). The van der Waals surface area contributed by atoms with Gasteiger partial charge < -0.3 is 20.4 Å². The van der Waals surface area contributed by atoms with Crippen molar-refractivity contribution in [2.75, 3.05) is 29.9 Å². The van der Waals surface area contributed by atoms with Gasteiger partial charge in [0.25, 0.3) is 5.91 Å². The number of hydrogen-bond donors (Lipinski definition) is 2. The average molecular weight is 393 g/mol. The van der Waals surface area contributed by atoms with E-state index in [4.69, 9.17) is 0 Å². The van der Waals surface area contributed by atoms with Crippen molar-refractivity contribution in [1.82, 2.24) is 10.2 Å². The molecule has 2 aromatic carbocycles. The lowest BCUT2D eigenvalue weighted by molar-refractivity contribution is 0.0808. The first kappa shape index (κ1) is 19.3. The van der Waals surface area contributed by atoms with E-state index in [1.807, 2.05) is 53.4 Å². The quantitative estimate of drug-likeness (QED) is 0.834. The second-order valence-electron chi connectivity index (χ2n) is 7.68. The summed E-state index contributed by atoms with van der Waals surface area (Å²) in [5, 5.41) is 6.30. The van der Waals surface area contributed by atoms with Gasteiger partial charge in [0.05, 0.1) is 11.3 Å². The van der Waals surface area contributed by atoms with Gasteiger partial charge >= 0.3 is 6.03 Å². The lowest BCUT2D eigenvalue weighted by atomic mass is 9.90. The number of amides is 3. The normalized spacial score (nSPS) is 17.7. The minimum Gasteiger partial charge on any atom is -0.348 e. The zero-order valence-electron chi connectivity index (χ0n) is 17.1. The van der Waals surface area contributed by atoms with E-state index in [2.05, 4.69) is 29.4 Å². The number of fused-ring (bicyclic) bond motifs is 1. The maximum absolute atomic E-state index is 12.8. The number of carbonyl (C=O) groups is 2. The Hall–Kier alpha value is -3.02. The molecule has 0 unspecified atom stereocenters. The third kappa shape index (κ3) is 3.43. The Balaban J connectivity index is 1.49. The molecule has 0 aliphatic carbocycles. The van der Waals surface area contributed by atoms with Crippen LogP contribution in [0.2, 0.25) is 0 Å². The average Bonchev–Trinajstić information content (AvgIpc) is 2.75. The van der Waals surface area contributed by atoms with Crippen molar-refractivity contribution in [3.8, 4) is 0 Å². The third-order valence-electron chi connectivity index (χ3n) is 6.14. The number of aryl methyl sites for hydroxylation is 1. The monoisotopic (exact) mass is 392 g/mol. The highest BCUT2D eigenvalue weighted by Crippen LogP contribution is 2.37. The van der Waals surface area contributed by atoms with Crippen LogP contribution in [0.15, 0.2) is 48.5 Å². The number of nitrogens with zero attached hydrogens (tertiary/aromatic N) is 2. The molecule has 2 heterocycles. The molecule has 0 saturated carbocycles. The van der Waals surface area contributed by atoms with Gasteiger partial charge in [-0.15, -0.1) is 0 Å². The molecule has 2 aliphatic rings. The number of likely N-dealkylation sites (tertiary alicyclic amines) is 1. The second kappa shape index (κ2) is 7.78. The highest BCUT2D eigenvalue weighted by atomic mass is 16.2. The first-order chi connectivity index (χ1) is 14.1. The van der Waals surface area contributed by atoms with Crippen LogP contribution in [-0.2, 0) is 6.42 Å². The SMILES string of the molecule is CCc1ccccc1NC(=O)N1CCC2(CC1)NC(=O)c1ccccc1N2CC. The fraction of sp³-hybridized carbons (Fsp3) is 0.391. The van der Waals surface area contributed by atoms with Gasteiger partial charge in [-0.25, -0.2) is 4.79 Å². The molecule has 3 amide bonds.